The lowest BCUT2D eigenvalue weighted by Gasteiger charge is -2.26. The van der Waals surface area contributed by atoms with Crippen molar-refractivity contribution in [1.29, 1.82) is 0 Å². The Kier molecular flexibility index (Phi) is 3.86. The molecule has 0 atom stereocenters. The number of ketones is 1. The lowest BCUT2D eigenvalue weighted by Crippen LogP contribution is -2.39. The van der Waals surface area contributed by atoms with Crippen LogP contribution in [-0.4, -0.2) is 18.5 Å². The van der Waals surface area contributed by atoms with Crippen LogP contribution in [0.2, 0.25) is 0 Å². The second-order valence-electron chi connectivity index (χ2n) is 5.44. The molecule has 1 saturated carbocycles. The minimum absolute atomic E-state index is 0.246. The zero-order valence-electron chi connectivity index (χ0n) is 11.6. The number of Topliss-reactive ketones (excluding diaryl/α,β-unsaturated/α-hetero) is 1. The summed E-state index contributed by atoms with van der Waals surface area (Å²) in [6.07, 6.45) is 4.47. The van der Waals surface area contributed by atoms with Crippen molar-refractivity contribution in [2.75, 3.05) is 7.11 Å². The van der Waals surface area contributed by atoms with Gasteiger partial charge in [-0.15, -0.1) is 0 Å². The van der Waals surface area contributed by atoms with E-state index in [0.29, 0.717) is 6.42 Å². The molecule has 0 amide bonds. The third-order valence-electron chi connectivity index (χ3n) is 4.17. The van der Waals surface area contributed by atoms with E-state index in [9.17, 15) is 4.79 Å². The van der Waals surface area contributed by atoms with Crippen LogP contribution in [0.15, 0.2) is 18.2 Å². The van der Waals surface area contributed by atoms with Crippen molar-refractivity contribution in [3.05, 3.63) is 34.9 Å². The van der Waals surface area contributed by atoms with Gasteiger partial charge in [-0.25, -0.2) is 0 Å². The maximum atomic E-state index is 12.5. The zero-order valence-corrected chi connectivity index (χ0v) is 11.6. The van der Waals surface area contributed by atoms with E-state index in [1.807, 2.05) is 0 Å². The Labute approximate surface area is 109 Å². The second-order valence-corrected chi connectivity index (χ2v) is 5.44. The molecule has 0 bridgehead atoms. The number of methoxy groups -OCH3 is 1. The molecule has 2 nitrogen and oxygen atoms in total. The number of ether oxygens (including phenoxy) is 1. The highest BCUT2D eigenvalue weighted by Gasteiger charge is 2.40. The summed E-state index contributed by atoms with van der Waals surface area (Å²) in [5.74, 6) is 0.246. The van der Waals surface area contributed by atoms with E-state index >= 15 is 0 Å². The van der Waals surface area contributed by atoms with Gasteiger partial charge in [-0.3, -0.25) is 4.79 Å². The SMILES string of the molecule is COC1(C(=O)Cc2cc(C)ccc2C)CCCC1. The summed E-state index contributed by atoms with van der Waals surface area (Å²) in [5.41, 5.74) is 3.04. The molecule has 0 saturated heterocycles. The van der Waals surface area contributed by atoms with Crippen molar-refractivity contribution < 1.29 is 9.53 Å². The molecule has 1 aliphatic carbocycles. The topological polar surface area (TPSA) is 26.3 Å². The fraction of sp³-hybridized carbons (Fsp3) is 0.562. The molecule has 0 N–H and O–H groups in total. The first-order valence-electron chi connectivity index (χ1n) is 6.72. The van der Waals surface area contributed by atoms with Gasteiger partial charge in [0, 0.05) is 13.5 Å². The number of hydrogen-bond donors (Lipinski definition) is 0. The van der Waals surface area contributed by atoms with Gasteiger partial charge in [-0.1, -0.05) is 23.8 Å². The lowest BCUT2D eigenvalue weighted by atomic mass is 9.90. The first-order valence-corrected chi connectivity index (χ1v) is 6.72. The summed E-state index contributed by atoms with van der Waals surface area (Å²) < 4.78 is 5.55. The van der Waals surface area contributed by atoms with Gasteiger partial charge < -0.3 is 4.74 Å². The molecule has 1 aliphatic rings. The van der Waals surface area contributed by atoms with Crippen LogP contribution in [0.1, 0.15) is 42.4 Å². The second kappa shape index (κ2) is 5.23. The average molecular weight is 246 g/mol. The summed E-state index contributed by atoms with van der Waals surface area (Å²) in [6.45, 7) is 4.13. The van der Waals surface area contributed by atoms with Gasteiger partial charge >= 0.3 is 0 Å². The smallest absolute Gasteiger partial charge is 0.168 e. The van der Waals surface area contributed by atoms with Gasteiger partial charge in [0.25, 0.3) is 0 Å². The predicted molar refractivity (Wildman–Crippen MR) is 72.8 cm³/mol. The van der Waals surface area contributed by atoms with E-state index in [-0.39, 0.29) is 5.78 Å². The molecule has 18 heavy (non-hydrogen) atoms. The summed E-state index contributed by atoms with van der Waals surface area (Å²) >= 11 is 0. The molecule has 0 spiro atoms. The standard InChI is InChI=1S/C16H22O2/c1-12-6-7-13(2)14(10-12)11-15(17)16(18-3)8-4-5-9-16/h6-7,10H,4-5,8-9,11H2,1-3H3. The Hall–Kier alpha value is -1.15. The quantitative estimate of drug-likeness (QED) is 0.814. The third kappa shape index (κ3) is 2.49. The van der Waals surface area contributed by atoms with Crippen molar-refractivity contribution >= 4 is 5.78 Å². The summed E-state index contributed by atoms with van der Waals surface area (Å²) in [5, 5.41) is 0. The maximum absolute atomic E-state index is 12.5. The van der Waals surface area contributed by atoms with Crippen LogP contribution in [0.5, 0.6) is 0 Å². The molecule has 0 aromatic heterocycles. The minimum atomic E-state index is -0.504. The van der Waals surface area contributed by atoms with Gasteiger partial charge in [0.1, 0.15) is 5.60 Å². The summed E-state index contributed by atoms with van der Waals surface area (Å²) in [4.78, 5) is 12.5. The van der Waals surface area contributed by atoms with E-state index in [1.165, 1.54) is 11.1 Å². The lowest BCUT2D eigenvalue weighted by molar-refractivity contribution is -0.139. The molecule has 2 heteroatoms. The molecule has 0 aliphatic heterocycles. The van der Waals surface area contributed by atoms with Gasteiger partial charge in [0.05, 0.1) is 0 Å². The number of aryl methyl sites for hydroxylation is 2. The van der Waals surface area contributed by atoms with Crippen LogP contribution in [0, 0.1) is 13.8 Å². The molecule has 1 aromatic carbocycles. The van der Waals surface area contributed by atoms with E-state index in [4.69, 9.17) is 4.74 Å². The number of benzene rings is 1. The number of rotatable bonds is 4. The largest absolute Gasteiger partial charge is 0.370 e. The highest BCUT2D eigenvalue weighted by atomic mass is 16.5. The Bertz CT molecular complexity index is 442. The molecule has 0 unspecified atom stereocenters. The Balaban J connectivity index is 2.18. The maximum Gasteiger partial charge on any atom is 0.168 e. The highest BCUT2D eigenvalue weighted by molar-refractivity contribution is 5.89. The number of hydrogen-bond acceptors (Lipinski definition) is 2. The first kappa shape index (κ1) is 13.3. The van der Waals surface area contributed by atoms with Crippen molar-refractivity contribution in [1.82, 2.24) is 0 Å². The van der Waals surface area contributed by atoms with Crippen molar-refractivity contribution in [2.45, 2.75) is 51.6 Å². The summed E-state index contributed by atoms with van der Waals surface area (Å²) in [6, 6.07) is 6.29. The molecule has 0 radical (unpaired) electrons. The van der Waals surface area contributed by atoms with Gasteiger partial charge in [-0.05, 0) is 50.7 Å². The Morgan fingerprint density at radius 1 is 1.28 bits per heavy atom. The fourth-order valence-electron chi connectivity index (χ4n) is 2.87. The normalized spacial score (nSPS) is 17.9. The van der Waals surface area contributed by atoms with Gasteiger partial charge in [-0.2, -0.15) is 0 Å². The van der Waals surface area contributed by atoms with Gasteiger partial charge in [0.2, 0.25) is 0 Å². The Morgan fingerprint density at radius 3 is 2.56 bits per heavy atom. The van der Waals surface area contributed by atoms with Gasteiger partial charge in [0.15, 0.2) is 5.78 Å². The fourth-order valence-corrected chi connectivity index (χ4v) is 2.87. The first-order chi connectivity index (χ1) is 8.57. The van der Waals surface area contributed by atoms with Crippen LogP contribution in [-0.2, 0) is 16.0 Å². The third-order valence-corrected chi connectivity index (χ3v) is 4.17. The molecule has 98 valence electrons. The number of carbonyl (C=O) groups is 1. The van der Waals surface area contributed by atoms with Crippen LogP contribution in [0.3, 0.4) is 0 Å². The monoisotopic (exact) mass is 246 g/mol. The zero-order chi connectivity index (χ0) is 13.2. The Morgan fingerprint density at radius 2 is 1.94 bits per heavy atom. The minimum Gasteiger partial charge on any atom is -0.370 e. The molecular formula is C16H22O2. The molecular weight excluding hydrogens is 224 g/mol. The van der Waals surface area contributed by atoms with Crippen molar-refractivity contribution in [3.63, 3.8) is 0 Å². The molecule has 2 rings (SSSR count). The van der Waals surface area contributed by atoms with E-state index in [1.54, 1.807) is 7.11 Å². The predicted octanol–water partition coefficient (Wildman–Crippen LogP) is 3.37. The van der Waals surface area contributed by atoms with Crippen LogP contribution in [0.25, 0.3) is 0 Å². The number of carbonyl (C=O) groups excluding carboxylic acids is 1. The molecule has 0 heterocycles. The van der Waals surface area contributed by atoms with E-state index in [0.717, 1.165) is 31.2 Å². The van der Waals surface area contributed by atoms with E-state index in [2.05, 4.69) is 32.0 Å². The van der Waals surface area contributed by atoms with Crippen LogP contribution in [0.4, 0.5) is 0 Å². The average Bonchev–Trinajstić information content (AvgIpc) is 2.84. The van der Waals surface area contributed by atoms with E-state index < -0.39 is 5.60 Å². The molecule has 1 aromatic rings. The van der Waals surface area contributed by atoms with Crippen molar-refractivity contribution in [3.8, 4) is 0 Å². The summed E-state index contributed by atoms with van der Waals surface area (Å²) in [7, 11) is 1.67. The van der Waals surface area contributed by atoms with Crippen LogP contribution < -0.4 is 0 Å². The van der Waals surface area contributed by atoms with Crippen molar-refractivity contribution in [2.24, 2.45) is 0 Å². The molecule has 1 fully saturated rings. The van der Waals surface area contributed by atoms with Crippen LogP contribution >= 0.6 is 0 Å². The highest BCUT2D eigenvalue weighted by Crippen LogP contribution is 2.34.